The molecule has 1 saturated heterocycles. The van der Waals surface area contributed by atoms with Gasteiger partial charge < -0.3 is 9.64 Å². The van der Waals surface area contributed by atoms with Crippen LogP contribution in [0.2, 0.25) is 5.02 Å². The number of methoxy groups -OCH3 is 1. The second-order valence-corrected chi connectivity index (χ2v) is 8.07. The first-order valence-corrected chi connectivity index (χ1v) is 9.78. The van der Waals surface area contributed by atoms with Gasteiger partial charge in [0.2, 0.25) is 10.0 Å². The number of hydrogen-bond acceptors (Lipinski definition) is 5. The summed E-state index contributed by atoms with van der Waals surface area (Å²) < 4.78 is 32.4. The van der Waals surface area contributed by atoms with Crippen molar-refractivity contribution < 1.29 is 17.9 Å². The number of hydrogen-bond donors (Lipinski definition) is 0. The zero-order valence-corrected chi connectivity index (χ0v) is 15.7. The number of piperazine rings is 1. The zero-order valence-electron chi connectivity index (χ0n) is 14.1. The van der Waals surface area contributed by atoms with E-state index in [1.165, 1.54) is 23.5 Å². The number of ether oxygens (including phenoxy) is 1. The third-order valence-corrected chi connectivity index (χ3v) is 6.35. The molecule has 7 nitrogen and oxygen atoms in total. The standard InChI is InChI=1S/C17H18ClN3O4S/c1-25-15-3-2-14(18)12-16(15)26(23,24)21-10-8-20(9-11-21)17(22)13-4-6-19-7-5-13/h2-7,12H,8-11H2,1H3. The van der Waals surface area contributed by atoms with Gasteiger partial charge in [0.1, 0.15) is 10.6 Å². The first-order chi connectivity index (χ1) is 12.4. The van der Waals surface area contributed by atoms with Gasteiger partial charge in [-0.2, -0.15) is 4.31 Å². The van der Waals surface area contributed by atoms with Gasteiger partial charge >= 0.3 is 0 Å². The number of benzene rings is 1. The van der Waals surface area contributed by atoms with Gasteiger partial charge in [-0.1, -0.05) is 11.6 Å². The molecule has 0 radical (unpaired) electrons. The summed E-state index contributed by atoms with van der Waals surface area (Å²) in [6, 6.07) is 7.76. The van der Waals surface area contributed by atoms with E-state index in [0.29, 0.717) is 23.7 Å². The molecule has 2 heterocycles. The number of aromatic nitrogens is 1. The maximum atomic E-state index is 12.9. The number of sulfonamides is 1. The molecule has 0 saturated carbocycles. The van der Waals surface area contributed by atoms with Gasteiger partial charge in [-0.15, -0.1) is 0 Å². The first-order valence-electron chi connectivity index (χ1n) is 7.96. The fourth-order valence-corrected chi connectivity index (χ4v) is 4.64. The number of rotatable bonds is 4. The van der Waals surface area contributed by atoms with Crippen LogP contribution in [0.4, 0.5) is 0 Å². The Bertz CT molecular complexity index is 897. The molecule has 26 heavy (non-hydrogen) atoms. The van der Waals surface area contributed by atoms with Gasteiger partial charge in [-0.05, 0) is 30.3 Å². The summed E-state index contributed by atoms with van der Waals surface area (Å²) in [6.07, 6.45) is 3.11. The van der Waals surface area contributed by atoms with Crippen LogP contribution in [0.25, 0.3) is 0 Å². The number of nitrogens with zero attached hydrogens (tertiary/aromatic N) is 3. The van der Waals surface area contributed by atoms with Crippen LogP contribution >= 0.6 is 11.6 Å². The maximum absolute atomic E-state index is 12.9. The van der Waals surface area contributed by atoms with E-state index in [4.69, 9.17) is 16.3 Å². The van der Waals surface area contributed by atoms with Crippen molar-refractivity contribution in [2.24, 2.45) is 0 Å². The number of halogens is 1. The van der Waals surface area contributed by atoms with Crippen LogP contribution in [-0.2, 0) is 10.0 Å². The second-order valence-electron chi connectivity index (χ2n) is 5.73. The van der Waals surface area contributed by atoms with E-state index < -0.39 is 10.0 Å². The van der Waals surface area contributed by atoms with Crippen LogP contribution in [0.1, 0.15) is 10.4 Å². The minimum absolute atomic E-state index is 0.0291. The second kappa shape index (κ2) is 7.61. The maximum Gasteiger partial charge on any atom is 0.254 e. The van der Waals surface area contributed by atoms with Gasteiger partial charge in [0.15, 0.2) is 0 Å². The Hall–Kier alpha value is -2.16. The average Bonchev–Trinajstić information content (AvgIpc) is 2.68. The summed E-state index contributed by atoms with van der Waals surface area (Å²) >= 11 is 5.95. The van der Waals surface area contributed by atoms with Crippen LogP contribution in [0.15, 0.2) is 47.6 Å². The predicted molar refractivity (Wildman–Crippen MR) is 96.9 cm³/mol. The molecule has 138 valence electrons. The van der Waals surface area contributed by atoms with Crippen LogP contribution in [-0.4, -0.2) is 61.8 Å². The molecule has 1 aliphatic heterocycles. The molecule has 1 aromatic carbocycles. The summed E-state index contributed by atoms with van der Waals surface area (Å²) in [6.45, 7) is 1.02. The third kappa shape index (κ3) is 3.67. The molecule has 3 rings (SSSR count). The van der Waals surface area contributed by atoms with Crippen LogP contribution in [0.3, 0.4) is 0 Å². The van der Waals surface area contributed by atoms with E-state index in [1.54, 1.807) is 35.5 Å². The Morgan fingerprint density at radius 3 is 2.38 bits per heavy atom. The fraction of sp³-hybridized carbons (Fsp3) is 0.294. The van der Waals surface area contributed by atoms with Gasteiger partial charge in [0.05, 0.1) is 7.11 Å². The topological polar surface area (TPSA) is 79.8 Å². The summed E-state index contributed by atoms with van der Waals surface area (Å²) in [5.41, 5.74) is 0.535. The Morgan fingerprint density at radius 1 is 1.12 bits per heavy atom. The minimum atomic E-state index is -3.77. The van der Waals surface area contributed by atoms with Crippen molar-refractivity contribution in [3.8, 4) is 5.75 Å². The molecule has 1 fully saturated rings. The van der Waals surface area contributed by atoms with Crippen molar-refractivity contribution >= 4 is 27.5 Å². The minimum Gasteiger partial charge on any atom is -0.495 e. The number of carbonyl (C=O) groups is 1. The Kier molecular flexibility index (Phi) is 5.45. The SMILES string of the molecule is COc1ccc(Cl)cc1S(=O)(=O)N1CCN(C(=O)c2ccncc2)CC1. The molecule has 0 aliphatic carbocycles. The van der Waals surface area contributed by atoms with E-state index in [9.17, 15) is 13.2 Å². The summed E-state index contributed by atoms with van der Waals surface area (Å²) in [7, 11) is -2.35. The van der Waals surface area contributed by atoms with Gasteiger partial charge in [-0.25, -0.2) is 8.42 Å². The third-order valence-electron chi connectivity index (χ3n) is 4.20. The lowest BCUT2D eigenvalue weighted by Gasteiger charge is -2.34. The Labute approximate surface area is 157 Å². The highest BCUT2D eigenvalue weighted by molar-refractivity contribution is 7.89. The van der Waals surface area contributed by atoms with E-state index >= 15 is 0 Å². The molecular weight excluding hydrogens is 378 g/mol. The normalized spacial score (nSPS) is 15.7. The van der Waals surface area contributed by atoms with Crippen molar-refractivity contribution in [3.63, 3.8) is 0 Å². The molecular formula is C17H18ClN3O4S. The monoisotopic (exact) mass is 395 g/mol. The van der Waals surface area contributed by atoms with Crippen molar-refractivity contribution in [2.75, 3.05) is 33.3 Å². The van der Waals surface area contributed by atoms with Crippen LogP contribution in [0.5, 0.6) is 5.75 Å². The quantitative estimate of drug-likeness (QED) is 0.789. The van der Waals surface area contributed by atoms with Gasteiger partial charge in [0.25, 0.3) is 5.91 Å². The van der Waals surface area contributed by atoms with Gasteiger partial charge in [-0.3, -0.25) is 9.78 Å². The number of amides is 1. The van der Waals surface area contributed by atoms with Crippen molar-refractivity contribution in [2.45, 2.75) is 4.90 Å². The molecule has 0 unspecified atom stereocenters. The molecule has 1 aliphatic rings. The largest absolute Gasteiger partial charge is 0.495 e. The average molecular weight is 396 g/mol. The van der Waals surface area contributed by atoms with Crippen molar-refractivity contribution in [3.05, 3.63) is 53.3 Å². The lowest BCUT2D eigenvalue weighted by Crippen LogP contribution is -2.50. The molecule has 2 aromatic rings. The molecule has 0 atom stereocenters. The highest BCUT2D eigenvalue weighted by Crippen LogP contribution is 2.30. The molecule has 0 N–H and O–H groups in total. The van der Waals surface area contributed by atoms with E-state index in [1.807, 2.05) is 0 Å². The summed E-state index contributed by atoms with van der Waals surface area (Å²) in [5.74, 6) is 0.106. The van der Waals surface area contributed by atoms with Crippen LogP contribution in [0, 0.1) is 0 Å². The highest BCUT2D eigenvalue weighted by Gasteiger charge is 2.32. The predicted octanol–water partition coefficient (Wildman–Crippen LogP) is 1.89. The fourth-order valence-electron chi connectivity index (χ4n) is 2.80. The lowest BCUT2D eigenvalue weighted by atomic mass is 10.2. The zero-order chi connectivity index (χ0) is 18.7. The van der Waals surface area contributed by atoms with Crippen molar-refractivity contribution in [1.29, 1.82) is 0 Å². The molecule has 1 aromatic heterocycles. The van der Waals surface area contributed by atoms with Gasteiger partial charge in [0, 0.05) is 49.2 Å². The number of carbonyl (C=O) groups excluding carboxylic acids is 1. The van der Waals surface area contributed by atoms with E-state index in [0.717, 1.165) is 0 Å². The van der Waals surface area contributed by atoms with E-state index in [-0.39, 0.29) is 29.6 Å². The number of pyridine rings is 1. The smallest absolute Gasteiger partial charge is 0.254 e. The lowest BCUT2D eigenvalue weighted by molar-refractivity contribution is 0.0697. The highest BCUT2D eigenvalue weighted by atomic mass is 35.5. The molecule has 9 heteroatoms. The van der Waals surface area contributed by atoms with E-state index in [2.05, 4.69) is 4.98 Å². The first kappa shape index (κ1) is 18.6. The van der Waals surface area contributed by atoms with Crippen LogP contribution < -0.4 is 4.74 Å². The molecule has 1 amide bonds. The molecule has 0 bridgehead atoms. The molecule has 0 spiro atoms. The van der Waals surface area contributed by atoms with Crippen molar-refractivity contribution in [1.82, 2.24) is 14.2 Å². The Balaban J connectivity index is 1.75. The summed E-state index contributed by atoms with van der Waals surface area (Å²) in [4.78, 5) is 18.0. The Morgan fingerprint density at radius 2 is 1.77 bits per heavy atom. The summed E-state index contributed by atoms with van der Waals surface area (Å²) in [5, 5.41) is 0.316.